The quantitative estimate of drug-likeness (QED) is 0.852. The highest BCUT2D eigenvalue weighted by molar-refractivity contribution is 5.40. The van der Waals surface area contributed by atoms with Crippen LogP contribution in [0.1, 0.15) is 16.7 Å². The highest BCUT2D eigenvalue weighted by atomic mass is 19.4. The van der Waals surface area contributed by atoms with Crippen molar-refractivity contribution in [1.82, 2.24) is 0 Å². The van der Waals surface area contributed by atoms with Crippen LogP contribution in [0.3, 0.4) is 0 Å². The Hall–Kier alpha value is -2.08. The van der Waals surface area contributed by atoms with E-state index in [0.717, 1.165) is 17.7 Å². The van der Waals surface area contributed by atoms with Crippen molar-refractivity contribution in [3.63, 3.8) is 0 Å². The summed E-state index contributed by atoms with van der Waals surface area (Å²) in [6, 6.07) is 7.47. The standard InChI is InChI=1S/C15H13F4NO/c1-9-2-5-13(16)14(6-9)21-11-3-4-12(15(17,18)19)10(7-11)8-20/h2-7H,8,20H2,1H3. The average molecular weight is 299 g/mol. The maximum absolute atomic E-state index is 13.6. The third-order valence-corrected chi connectivity index (χ3v) is 2.92. The number of aryl methyl sites for hydroxylation is 1. The molecule has 2 aromatic rings. The number of hydrogen-bond donors (Lipinski definition) is 1. The van der Waals surface area contributed by atoms with E-state index in [2.05, 4.69) is 0 Å². The van der Waals surface area contributed by atoms with Gasteiger partial charge in [0.05, 0.1) is 5.56 Å². The lowest BCUT2D eigenvalue weighted by Gasteiger charge is -2.14. The number of nitrogens with two attached hydrogens (primary N) is 1. The van der Waals surface area contributed by atoms with E-state index < -0.39 is 17.6 Å². The van der Waals surface area contributed by atoms with Crippen LogP contribution in [-0.4, -0.2) is 0 Å². The van der Waals surface area contributed by atoms with Crippen LogP contribution in [0.2, 0.25) is 0 Å². The summed E-state index contributed by atoms with van der Waals surface area (Å²) >= 11 is 0. The second-order valence-corrected chi connectivity index (χ2v) is 4.56. The van der Waals surface area contributed by atoms with Gasteiger partial charge in [-0.1, -0.05) is 6.07 Å². The number of hydrogen-bond acceptors (Lipinski definition) is 2. The summed E-state index contributed by atoms with van der Waals surface area (Å²) in [4.78, 5) is 0. The molecule has 0 amide bonds. The van der Waals surface area contributed by atoms with Gasteiger partial charge in [0.25, 0.3) is 0 Å². The van der Waals surface area contributed by atoms with Crippen LogP contribution in [0.15, 0.2) is 36.4 Å². The second-order valence-electron chi connectivity index (χ2n) is 4.56. The molecule has 0 heterocycles. The molecule has 0 aromatic heterocycles. The van der Waals surface area contributed by atoms with Crippen LogP contribution in [0.5, 0.6) is 11.5 Å². The Bertz CT molecular complexity index is 653. The molecule has 6 heteroatoms. The third kappa shape index (κ3) is 3.52. The Morgan fingerprint density at radius 3 is 2.43 bits per heavy atom. The van der Waals surface area contributed by atoms with Crippen molar-refractivity contribution < 1.29 is 22.3 Å². The minimum Gasteiger partial charge on any atom is -0.454 e. The van der Waals surface area contributed by atoms with Crippen LogP contribution in [0, 0.1) is 12.7 Å². The fourth-order valence-corrected chi connectivity index (χ4v) is 1.89. The highest BCUT2D eigenvalue weighted by Gasteiger charge is 2.33. The first-order valence-corrected chi connectivity index (χ1v) is 6.15. The number of alkyl halides is 3. The van der Waals surface area contributed by atoms with Crippen LogP contribution in [0.4, 0.5) is 17.6 Å². The van der Waals surface area contributed by atoms with Gasteiger partial charge in [-0.25, -0.2) is 4.39 Å². The lowest BCUT2D eigenvalue weighted by Crippen LogP contribution is -2.11. The van der Waals surface area contributed by atoms with Gasteiger partial charge in [0.1, 0.15) is 5.75 Å². The van der Waals surface area contributed by atoms with Crippen LogP contribution in [-0.2, 0) is 12.7 Å². The van der Waals surface area contributed by atoms with Gasteiger partial charge in [-0.3, -0.25) is 0 Å². The molecular weight excluding hydrogens is 286 g/mol. The lowest BCUT2D eigenvalue weighted by atomic mass is 10.1. The molecule has 0 aliphatic heterocycles. The maximum atomic E-state index is 13.6. The predicted molar refractivity (Wildman–Crippen MR) is 70.5 cm³/mol. The topological polar surface area (TPSA) is 35.2 Å². The van der Waals surface area contributed by atoms with Gasteiger partial charge in [-0.05, 0) is 48.4 Å². The molecule has 2 nitrogen and oxygen atoms in total. The first kappa shape index (κ1) is 15.3. The summed E-state index contributed by atoms with van der Waals surface area (Å²) in [5.74, 6) is -0.527. The number of ether oxygens (including phenoxy) is 1. The van der Waals surface area contributed by atoms with E-state index in [9.17, 15) is 17.6 Å². The zero-order valence-electron chi connectivity index (χ0n) is 11.2. The fourth-order valence-electron chi connectivity index (χ4n) is 1.89. The molecule has 0 atom stereocenters. The molecule has 2 aromatic carbocycles. The fraction of sp³-hybridized carbons (Fsp3) is 0.200. The zero-order valence-corrected chi connectivity index (χ0v) is 11.2. The molecule has 0 unspecified atom stereocenters. The van der Waals surface area contributed by atoms with E-state index in [-0.39, 0.29) is 23.6 Å². The Morgan fingerprint density at radius 2 is 1.81 bits per heavy atom. The number of benzene rings is 2. The molecule has 0 saturated heterocycles. The SMILES string of the molecule is Cc1ccc(F)c(Oc2ccc(C(F)(F)F)c(CN)c2)c1. The molecule has 0 aliphatic rings. The van der Waals surface area contributed by atoms with Crippen LogP contribution < -0.4 is 10.5 Å². The summed E-state index contributed by atoms with van der Waals surface area (Å²) in [7, 11) is 0. The van der Waals surface area contributed by atoms with Crippen molar-refractivity contribution in [2.24, 2.45) is 5.73 Å². The van der Waals surface area contributed by atoms with Crippen molar-refractivity contribution in [3.8, 4) is 11.5 Å². The summed E-state index contributed by atoms with van der Waals surface area (Å²) < 4.78 is 57.1. The maximum Gasteiger partial charge on any atom is 0.416 e. The molecule has 0 spiro atoms. The van der Waals surface area contributed by atoms with E-state index in [1.54, 1.807) is 13.0 Å². The molecule has 2 rings (SSSR count). The van der Waals surface area contributed by atoms with Crippen molar-refractivity contribution in [2.75, 3.05) is 0 Å². The third-order valence-electron chi connectivity index (χ3n) is 2.92. The summed E-state index contributed by atoms with van der Waals surface area (Å²) in [6.45, 7) is 1.46. The van der Waals surface area contributed by atoms with Crippen LogP contribution >= 0.6 is 0 Å². The largest absolute Gasteiger partial charge is 0.454 e. The molecule has 112 valence electrons. The second kappa shape index (κ2) is 5.73. The van der Waals surface area contributed by atoms with E-state index in [1.165, 1.54) is 18.2 Å². The van der Waals surface area contributed by atoms with E-state index in [0.29, 0.717) is 0 Å². The van der Waals surface area contributed by atoms with Gasteiger partial charge in [-0.2, -0.15) is 13.2 Å². The molecule has 0 saturated carbocycles. The molecule has 0 fully saturated rings. The normalized spacial score (nSPS) is 11.5. The molecule has 21 heavy (non-hydrogen) atoms. The molecule has 2 N–H and O–H groups in total. The average Bonchev–Trinajstić information content (AvgIpc) is 2.41. The Labute approximate surface area is 119 Å². The van der Waals surface area contributed by atoms with Crippen molar-refractivity contribution in [1.29, 1.82) is 0 Å². The monoisotopic (exact) mass is 299 g/mol. The molecule has 0 radical (unpaired) electrons. The minimum absolute atomic E-state index is 0.0438. The van der Waals surface area contributed by atoms with E-state index >= 15 is 0 Å². The predicted octanol–water partition coefficient (Wildman–Crippen LogP) is 4.40. The summed E-state index contributed by atoms with van der Waals surface area (Å²) in [5.41, 5.74) is 5.19. The van der Waals surface area contributed by atoms with Crippen molar-refractivity contribution >= 4 is 0 Å². The highest BCUT2D eigenvalue weighted by Crippen LogP contribution is 2.35. The first-order valence-electron chi connectivity index (χ1n) is 6.15. The molecular formula is C15H13F4NO. The zero-order chi connectivity index (χ0) is 15.6. The Kier molecular flexibility index (Phi) is 4.18. The summed E-state index contributed by atoms with van der Waals surface area (Å²) in [6.07, 6.45) is -4.48. The van der Waals surface area contributed by atoms with Gasteiger partial charge in [0.2, 0.25) is 0 Å². The molecule has 0 bridgehead atoms. The van der Waals surface area contributed by atoms with Gasteiger partial charge in [-0.15, -0.1) is 0 Å². The number of halogens is 4. The Morgan fingerprint density at radius 1 is 1.10 bits per heavy atom. The van der Waals surface area contributed by atoms with E-state index in [4.69, 9.17) is 10.5 Å². The lowest BCUT2D eigenvalue weighted by molar-refractivity contribution is -0.138. The first-order chi connectivity index (χ1) is 9.81. The van der Waals surface area contributed by atoms with Gasteiger partial charge in [0, 0.05) is 6.54 Å². The van der Waals surface area contributed by atoms with Gasteiger partial charge < -0.3 is 10.5 Å². The van der Waals surface area contributed by atoms with Gasteiger partial charge >= 0.3 is 6.18 Å². The minimum atomic E-state index is -4.48. The van der Waals surface area contributed by atoms with E-state index in [1.807, 2.05) is 0 Å². The van der Waals surface area contributed by atoms with Crippen molar-refractivity contribution in [3.05, 3.63) is 58.9 Å². The molecule has 0 aliphatic carbocycles. The van der Waals surface area contributed by atoms with Crippen molar-refractivity contribution in [2.45, 2.75) is 19.6 Å². The number of rotatable bonds is 3. The summed E-state index contributed by atoms with van der Waals surface area (Å²) in [5, 5.41) is 0. The smallest absolute Gasteiger partial charge is 0.416 e. The van der Waals surface area contributed by atoms with Gasteiger partial charge in [0.15, 0.2) is 11.6 Å². The van der Waals surface area contributed by atoms with Crippen LogP contribution in [0.25, 0.3) is 0 Å². The Balaban J connectivity index is 2.36.